The van der Waals surface area contributed by atoms with Gasteiger partial charge in [0.15, 0.2) is 9.84 Å². The van der Waals surface area contributed by atoms with Gasteiger partial charge in [0.2, 0.25) is 10.0 Å². The summed E-state index contributed by atoms with van der Waals surface area (Å²) in [5.74, 6) is -0.314. The molecule has 21 heavy (non-hydrogen) atoms. The summed E-state index contributed by atoms with van der Waals surface area (Å²) in [7, 11) is -6.91. The van der Waals surface area contributed by atoms with Crippen LogP contribution in [-0.2, 0) is 26.4 Å². The molecule has 0 amide bonds. The second-order valence-corrected chi connectivity index (χ2v) is 9.59. The molecule has 2 rings (SSSR count). The summed E-state index contributed by atoms with van der Waals surface area (Å²) >= 11 is 5.96. The molecule has 1 aromatic carbocycles. The first-order chi connectivity index (χ1) is 9.67. The van der Waals surface area contributed by atoms with Gasteiger partial charge in [0.05, 0.1) is 16.4 Å². The standard InChI is InChI=1S/C12H17ClN2O4S2/c1-9-10(8-14)6-11(13)7-12(9)21(18,19)15-2-4-20(16,17)5-3-15/h6-7H,2-5,8,14H2,1H3. The van der Waals surface area contributed by atoms with Gasteiger partial charge in [-0.1, -0.05) is 11.6 Å². The van der Waals surface area contributed by atoms with Crippen molar-refractivity contribution in [2.75, 3.05) is 24.6 Å². The predicted molar refractivity (Wildman–Crippen MR) is 81.5 cm³/mol. The van der Waals surface area contributed by atoms with E-state index in [1.807, 2.05) is 0 Å². The number of sulfonamides is 1. The zero-order valence-electron chi connectivity index (χ0n) is 11.5. The molecule has 0 bridgehead atoms. The highest BCUT2D eigenvalue weighted by atomic mass is 35.5. The Labute approximate surface area is 129 Å². The summed E-state index contributed by atoms with van der Waals surface area (Å²) in [6, 6.07) is 3.02. The van der Waals surface area contributed by atoms with E-state index in [2.05, 4.69) is 0 Å². The monoisotopic (exact) mass is 352 g/mol. The third-order valence-electron chi connectivity index (χ3n) is 3.57. The lowest BCUT2D eigenvalue weighted by molar-refractivity contribution is 0.430. The van der Waals surface area contributed by atoms with E-state index >= 15 is 0 Å². The second kappa shape index (κ2) is 5.85. The van der Waals surface area contributed by atoms with Crippen molar-refractivity contribution in [3.8, 4) is 0 Å². The van der Waals surface area contributed by atoms with Crippen LogP contribution in [0.5, 0.6) is 0 Å². The summed E-state index contributed by atoms with van der Waals surface area (Å²) in [5, 5.41) is 0.296. The van der Waals surface area contributed by atoms with Crippen LogP contribution >= 0.6 is 11.6 Å². The van der Waals surface area contributed by atoms with Crippen LogP contribution in [0, 0.1) is 6.92 Å². The molecular formula is C12H17ClN2O4S2. The minimum absolute atomic E-state index is 0.0332. The summed E-state index contributed by atoms with van der Waals surface area (Å²) < 4.78 is 49.4. The van der Waals surface area contributed by atoms with Crippen LogP contribution in [0.2, 0.25) is 5.02 Å². The molecule has 0 aliphatic carbocycles. The maximum absolute atomic E-state index is 12.7. The number of rotatable bonds is 3. The summed E-state index contributed by atoms with van der Waals surface area (Å²) in [6.45, 7) is 1.79. The Kier molecular flexibility index (Phi) is 4.65. The third kappa shape index (κ3) is 3.40. The minimum atomic E-state index is -3.77. The molecular weight excluding hydrogens is 336 g/mol. The molecule has 0 saturated carbocycles. The number of halogens is 1. The van der Waals surface area contributed by atoms with Crippen LogP contribution in [0.25, 0.3) is 0 Å². The van der Waals surface area contributed by atoms with Gasteiger partial charge in [-0.05, 0) is 30.2 Å². The lowest BCUT2D eigenvalue weighted by Gasteiger charge is -2.27. The molecule has 1 heterocycles. The smallest absolute Gasteiger partial charge is 0.243 e. The van der Waals surface area contributed by atoms with Gasteiger partial charge in [0.25, 0.3) is 0 Å². The molecule has 1 aliphatic rings. The summed E-state index contributed by atoms with van der Waals surface area (Å²) in [4.78, 5) is 0.0924. The van der Waals surface area contributed by atoms with E-state index in [9.17, 15) is 16.8 Å². The largest absolute Gasteiger partial charge is 0.326 e. The maximum atomic E-state index is 12.7. The Morgan fingerprint density at radius 2 is 1.86 bits per heavy atom. The van der Waals surface area contributed by atoms with Gasteiger partial charge in [0.1, 0.15) is 0 Å². The molecule has 0 spiro atoms. The zero-order valence-corrected chi connectivity index (χ0v) is 13.9. The minimum Gasteiger partial charge on any atom is -0.326 e. The molecule has 1 aromatic rings. The third-order valence-corrected chi connectivity index (χ3v) is 7.43. The molecule has 1 fully saturated rings. The summed E-state index contributed by atoms with van der Waals surface area (Å²) in [5.41, 5.74) is 6.81. The highest BCUT2D eigenvalue weighted by Crippen LogP contribution is 2.27. The average molecular weight is 353 g/mol. The Bertz CT molecular complexity index is 746. The van der Waals surface area contributed by atoms with Crippen LogP contribution in [0.3, 0.4) is 0 Å². The number of nitrogens with zero attached hydrogens (tertiary/aromatic N) is 1. The number of hydrogen-bond donors (Lipinski definition) is 1. The van der Waals surface area contributed by atoms with Crippen molar-refractivity contribution >= 4 is 31.5 Å². The number of hydrogen-bond acceptors (Lipinski definition) is 5. The van der Waals surface area contributed by atoms with E-state index in [4.69, 9.17) is 17.3 Å². The van der Waals surface area contributed by atoms with Gasteiger partial charge in [0, 0.05) is 24.7 Å². The normalized spacial score (nSPS) is 19.6. The van der Waals surface area contributed by atoms with E-state index in [1.54, 1.807) is 13.0 Å². The van der Waals surface area contributed by atoms with E-state index < -0.39 is 19.9 Å². The number of sulfone groups is 1. The highest BCUT2D eigenvalue weighted by molar-refractivity contribution is 7.92. The highest BCUT2D eigenvalue weighted by Gasteiger charge is 2.32. The molecule has 9 heteroatoms. The number of benzene rings is 1. The predicted octanol–water partition coefficient (Wildman–Crippen LogP) is 0.526. The Balaban J connectivity index is 2.43. The second-order valence-electron chi connectivity index (χ2n) is 4.95. The SMILES string of the molecule is Cc1c(CN)cc(Cl)cc1S(=O)(=O)N1CCS(=O)(=O)CC1. The van der Waals surface area contributed by atoms with E-state index in [0.717, 1.165) is 0 Å². The summed E-state index contributed by atoms with van der Waals surface area (Å²) in [6.07, 6.45) is 0. The molecule has 0 radical (unpaired) electrons. The van der Waals surface area contributed by atoms with Crippen molar-refractivity contribution in [2.45, 2.75) is 18.4 Å². The molecule has 6 nitrogen and oxygen atoms in total. The van der Waals surface area contributed by atoms with Crippen LogP contribution in [0.4, 0.5) is 0 Å². The van der Waals surface area contributed by atoms with Gasteiger partial charge >= 0.3 is 0 Å². The van der Waals surface area contributed by atoms with Crippen molar-refractivity contribution in [1.82, 2.24) is 4.31 Å². The number of nitrogens with two attached hydrogens (primary N) is 1. The maximum Gasteiger partial charge on any atom is 0.243 e. The van der Waals surface area contributed by atoms with E-state index in [0.29, 0.717) is 16.1 Å². The van der Waals surface area contributed by atoms with Crippen LogP contribution in [0.15, 0.2) is 17.0 Å². The fourth-order valence-electron chi connectivity index (χ4n) is 2.26. The van der Waals surface area contributed by atoms with Crippen LogP contribution in [-0.4, -0.2) is 45.7 Å². The van der Waals surface area contributed by atoms with Crippen molar-refractivity contribution in [3.63, 3.8) is 0 Å². The molecule has 2 N–H and O–H groups in total. The van der Waals surface area contributed by atoms with E-state index in [-0.39, 0.29) is 36.0 Å². The quantitative estimate of drug-likeness (QED) is 0.855. The first-order valence-corrected chi connectivity index (χ1v) is 10.0. The van der Waals surface area contributed by atoms with Crippen molar-refractivity contribution in [1.29, 1.82) is 0 Å². The Hall–Kier alpha value is -0.670. The topological polar surface area (TPSA) is 97.5 Å². The van der Waals surface area contributed by atoms with Crippen molar-refractivity contribution in [2.24, 2.45) is 5.73 Å². The first kappa shape index (κ1) is 16.7. The Morgan fingerprint density at radius 1 is 1.29 bits per heavy atom. The van der Waals surface area contributed by atoms with Gasteiger partial charge in [-0.3, -0.25) is 0 Å². The van der Waals surface area contributed by atoms with Gasteiger partial charge in [-0.2, -0.15) is 4.31 Å². The Morgan fingerprint density at radius 3 is 2.38 bits per heavy atom. The molecule has 0 aromatic heterocycles. The fraction of sp³-hybridized carbons (Fsp3) is 0.500. The van der Waals surface area contributed by atoms with Crippen LogP contribution < -0.4 is 5.73 Å². The van der Waals surface area contributed by atoms with E-state index in [1.165, 1.54) is 10.4 Å². The molecule has 0 atom stereocenters. The molecule has 1 saturated heterocycles. The van der Waals surface area contributed by atoms with Crippen molar-refractivity contribution < 1.29 is 16.8 Å². The van der Waals surface area contributed by atoms with Gasteiger partial charge in [-0.25, -0.2) is 16.8 Å². The molecule has 0 unspecified atom stereocenters. The molecule has 118 valence electrons. The molecule has 1 aliphatic heterocycles. The fourth-order valence-corrected chi connectivity index (χ4v) is 5.74. The van der Waals surface area contributed by atoms with Crippen LogP contribution in [0.1, 0.15) is 11.1 Å². The lowest BCUT2D eigenvalue weighted by atomic mass is 10.1. The first-order valence-electron chi connectivity index (χ1n) is 6.37. The lowest BCUT2D eigenvalue weighted by Crippen LogP contribution is -2.43. The van der Waals surface area contributed by atoms with Gasteiger partial charge in [-0.15, -0.1) is 0 Å². The van der Waals surface area contributed by atoms with Gasteiger partial charge < -0.3 is 5.73 Å². The zero-order chi connectivity index (χ0) is 15.8. The average Bonchev–Trinajstić information content (AvgIpc) is 2.40. The van der Waals surface area contributed by atoms with Crippen molar-refractivity contribution in [3.05, 3.63) is 28.3 Å².